The Labute approximate surface area is 192 Å². The van der Waals surface area contributed by atoms with Crippen molar-refractivity contribution in [3.8, 4) is 11.4 Å². The van der Waals surface area contributed by atoms with E-state index in [4.69, 9.17) is 9.72 Å². The monoisotopic (exact) mass is 444 g/mol. The van der Waals surface area contributed by atoms with Crippen molar-refractivity contribution in [1.82, 2.24) is 9.55 Å². The van der Waals surface area contributed by atoms with Crippen LogP contribution in [0.5, 0.6) is 0 Å². The van der Waals surface area contributed by atoms with Crippen LogP contribution in [0.1, 0.15) is 80.0 Å². The quantitative estimate of drug-likeness (QED) is 0.363. The van der Waals surface area contributed by atoms with Crippen LogP contribution in [0.4, 0.5) is 0 Å². The molecule has 3 aromatic rings. The number of ether oxygens (including phenoxy) is 1. The average molecular weight is 445 g/mol. The molecule has 0 spiro atoms. The minimum absolute atomic E-state index is 0.100. The Morgan fingerprint density at radius 3 is 2.64 bits per heavy atom. The lowest BCUT2D eigenvalue weighted by atomic mass is 9.84. The normalized spacial score (nSPS) is 22.4. The molecule has 6 rings (SSSR count). The molecule has 6 nitrogen and oxygen atoms in total. The van der Waals surface area contributed by atoms with Gasteiger partial charge in [-0.05, 0) is 42.9 Å². The average Bonchev–Trinajstić information content (AvgIpc) is 3.00. The fourth-order valence-electron chi connectivity index (χ4n) is 6.09. The van der Waals surface area contributed by atoms with Crippen molar-refractivity contribution in [3.63, 3.8) is 0 Å². The third kappa shape index (κ3) is 2.93. The van der Waals surface area contributed by atoms with Crippen LogP contribution in [-0.4, -0.2) is 20.6 Å². The number of aliphatic hydroxyl groups is 1. The van der Waals surface area contributed by atoms with Crippen LogP contribution >= 0.6 is 0 Å². The zero-order valence-corrected chi connectivity index (χ0v) is 18.9. The fourth-order valence-corrected chi connectivity index (χ4v) is 6.09. The SMILES string of the molecule is CC[C@@]1(O)C(=O)OCc2c1cc1n(c2=O)Cc2c-1nc1ccccc1c2C1CCCCCC1. The molecule has 0 unspecified atom stereocenters. The standard InChI is InChI=1S/C27H28N2O4/c1-2-27(32)20-13-22-24-18(14-29(22)25(30)19(20)15-33-26(27)31)23(16-9-5-3-4-6-10-16)17-11-7-8-12-21(17)28-24/h7-8,11-13,16,32H,2-6,9-10,14-15H2,1H3/t27-/m0/s1. The van der Waals surface area contributed by atoms with Crippen molar-refractivity contribution in [2.45, 2.75) is 76.5 Å². The number of carbonyl (C=O) groups excluding carboxylic acids is 1. The van der Waals surface area contributed by atoms with Gasteiger partial charge in [0.05, 0.1) is 29.0 Å². The largest absolute Gasteiger partial charge is 0.458 e. The highest BCUT2D eigenvalue weighted by Crippen LogP contribution is 2.44. The molecule has 0 radical (unpaired) electrons. The van der Waals surface area contributed by atoms with Crippen LogP contribution in [0.25, 0.3) is 22.3 Å². The van der Waals surface area contributed by atoms with Crippen LogP contribution in [0.15, 0.2) is 35.1 Å². The van der Waals surface area contributed by atoms with Gasteiger partial charge >= 0.3 is 5.97 Å². The molecular weight excluding hydrogens is 416 g/mol. The first-order valence-electron chi connectivity index (χ1n) is 12.1. The number of cyclic esters (lactones) is 1. The summed E-state index contributed by atoms with van der Waals surface area (Å²) in [5, 5.41) is 12.3. The van der Waals surface area contributed by atoms with Crippen LogP contribution < -0.4 is 5.56 Å². The van der Waals surface area contributed by atoms with Gasteiger partial charge in [-0.25, -0.2) is 9.78 Å². The molecule has 1 aromatic carbocycles. The van der Waals surface area contributed by atoms with Gasteiger partial charge in [-0.2, -0.15) is 0 Å². The summed E-state index contributed by atoms with van der Waals surface area (Å²) in [6.45, 7) is 2.10. The van der Waals surface area contributed by atoms with Crippen LogP contribution in [0.3, 0.4) is 0 Å². The van der Waals surface area contributed by atoms with Gasteiger partial charge in [0.1, 0.15) is 6.61 Å². The van der Waals surface area contributed by atoms with Gasteiger partial charge in [-0.3, -0.25) is 4.79 Å². The van der Waals surface area contributed by atoms with Crippen molar-refractivity contribution in [3.05, 3.63) is 62.9 Å². The van der Waals surface area contributed by atoms with Gasteiger partial charge in [0.2, 0.25) is 0 Å². The summed E-state index contributed by atoms with van der Waals surface area (Å²) in [5.74, 6) is -0.239. The Bertz CT molecular complexity index is 1350. The first-order valence-corrected chi connectivity index (χ1v) is 12.1. The first kappa shape index (κ1) is 20.6. The fraction of sp³-hybridized carbons (Fsp3) is 0.444. The molecule has 2 aliphatic heterocycles. The zero-order valence-electron chi connectivity index (χ0n) is 18.9. The molecule has 6 heteroatoms. The molecule has 1 N–H and O–H groups in total. The highest BCUT2D eigenvalue weighted by atomic mass is 16.6. The minimum Gasteiger partial charge on any atom is -0.458 e. The molecular formula is C27H28N2O4. The number of hydrogen-bond acceptors (Lipinski definition) is 5. The maximum atomic E-state index is 13.6. The number of rotatable bonds is 2. The van der Waals surface area contributed by atoms with E-state index in [2.05, 4.69) is 12.1 Å². The molecule has 0 amide bonds. The smallest absolute Gasteiger partial charge is 0.343 e. The summed E-state index contributed by atoms with van der Waals surface area (Å²) in [4.78, 5) is 31.0. The van der Waals surface area contributed by atoms with E-state index >= 15 is 0 Å². The number of para-hydroxylation sites is 1. The molecule has 1 saturated carbocycles. The lowest BCUT2D eigenvalue weighted by Crippen LogP contribution is -2.44. The molecule has 3 aliphatic rings. The Kier molecular flexibility index (Phi) is 4.70. The summed E-state index contributed by atoms with van der Waals surface area (Å²) >= 11 is 0. The number of nitrogens with zero attached hydrogens (tertiary/aromatic N) is 2. The van der Waals surface area contributed by atoms with Crippen molar-refractivity contribution in [2.75, 3.05) is 0 Å². The van der Waals surface area contributed by atoms with Gasteiger partial charge in [0.25, 0.3) is 5.56 Å². The van der Waals surface area contributed by atoms with E-state index in [1.165, 1.54) is 36.6 Å². The summed E-state index contributed by atoms with van der Waals surface area (Å²) in [6.07, 6.45) is 7.45. The number of hydrogen-bond donors (Lipinski definition) is 1. The third-order valence-corrected chi connectivity index (χ3v) is 7.90. The Balaban J connectivity index is 1.62. The maximum Gasteiger partial charge on any atom is 0.343 e. The number of fused-ring (bicyclic) bond motifs is 5. The van der Waals surface area contributed by atoms with Crippen LogP contribution in [0.2, 0.25) is 0 Å². The number of aromatic nitrogens is 2. The lowest BCUT2D eigenvalue weighted by Gasteiger charge is -2.31. The van der Waals surface area contributed by atoms with Crippen molar-refractivity contribution in [1.29, 1.82) is 0 Å². The van der Waals surface area contributed by atoms with Gasteiger partial charge in [0.15, 0.2) is 5.60 Å². The predicted octanol–water partition coefficient (Wildman–Crippen LogP) is 4.52. The first-order chi connectivity index (χ1) is 16.0. The minimum atomic E-state index is -1.80. The van der Waals surface area contributed by atoms with Gasteiger partial charge in [-0.1, -0.05) is 50.8 Å². The van der Waals surface area contributed by atoms with E-state index in [-0.39, 0.29) is 18.6 Å². The number of pyridine rings is 2. The number of benzene rings is 1. The Morgan fingerprint density at radius 1 is 1.12 bits per heavy atom. The van der Waals surface area contributed by atoms with Gasteiger partial charge < -0.3 is 14.4 Å². The molecule has 170 valence electrons. The van der Waals surface area contributed by atoms with Crippen LogP contribution in [0, 0.1) is 0 Å². The van der Waals surface area contributed by atoms with E-state index in [0.717, 1.165) is 29.6 Å². The van der Waals surface area contributed by atoms with Crippen molar-refractivity contribution < 1.29 is 14.6 Å². The summed E-state index contributed by atoms with van der Waals surface area (Å²) in [5.41, 5.74) is 3.62. The highest BCUT2D eigenvalue weighted by molar-refractivity contribution is 5.89. The van der Waals surface area contributed by atoms with Crippen molar-refractivity contribution >= 4 is 16.9 Å². The Hall–Kier alpha value is -2.99. The molecule has 1 fully saturated rings. The number of carbonyl (C=O) groups is 1. The molecule has 0 bridgehead atoms. The lowest BCUT2D eigenvalue weighted by molar-refractivity contribution is -0.172. The second kappa shape index (κ2) is 7.52. The third-order valence-electron chi connectivity index (χ3n) is 7.90. The topological polar surface area (TPSA) is 81.4 Å². The van der Waals surface area contributed by atoms with E-state index in [9.17, 15) is 14.7 Å². The maximum absolute atomic E-state index is 13.6. The predicted molar refractivity (Wildman–Crippen MR) is 125 cm³/mol. The summed E-state index contributed by atoms with van der Waals surface area (Å²) in [7, 11) is 0. The van der Waals surface area contributed by atoms with Gasteiger partial charge in [-0.15, -0.1) is 0 Å². The van der Waals surface area contributed by atoms with Crippen molar-refractivity contribution in [2.24, 2.45) is 0 Å². The number of esters is 1. The van der Waals surface area contributed by atoms with E-state index in [1.807, 2.05) is 18.2 Å². The molecule has 1 aliphatic carbocycles. The highest BCUT2D eigenvalue weighted by Gasteiger charge is 2.45. The molecule has 4 heterocycles. The Morgan fingerprint density at radius 2 is 1.88 bits per heavy atom. The van der Waals surface area contributed by atoms with E-state index in [0.29, 0.717) is 29.3 Å². The summed E-state index contributed by atoms with van der Waals surface area (Å²) in [6, 6.07) is 10.1. The molecule has 33 heavy (non-hydrogen) atoms. The second-order valence-corrected chi connectivity index (χ2v) is 9.66. The molecule has 2 aromatic heterocycles. The van der Waals surface area contributed by atoms with Crippen LogP contribution in [-0.2, 0) is 28.3 Å². The second-order valence-electron chi connectivity index (χ2n) is 9.66. The summed E-state index contributed by atoms with van der Waals surface area (Å²) < 4.78 is 6.96. The molecule has 1 atom stereocenters. The zero-order chi connectivity index (χ0) is 22.7. The van der Waals surface area contributed by atoms with Gasteiger partial charge in [0, 0.05) is 16.5 Å². The van der Waals surface area contributed by atoms with E-state index in [1.54, 1.807) is 11.5 Å². The molecule has 0 saturated heterocycles. The van der Waals surface area contributed by atoms with E-state index < -0.39 is 11.6 Å².